The number of para-hydroxylation sites is 1. The Morgan fingerprint density at radius 1 is 1.31 bits per heavy atom. The molecular weight excluding hydrogens is 200 g/mol. The van der Waals surface area contributed by atoms with Gasteiger partial charge in [-0.15, -0.1) is 0 Å². The molecular formula is C14H22O2. The van der Waals surface area contributed by atoms with Gasteiger partial charge in [0, 0.05) is 6.42 Å². The fourth-order valence-corrected chi connectivity index (χ4v) is 1.84. The summed E-state index contributed by atoms with van der Waals surface area (Å²) in [5, 5.41) is 9.97. The van der Waals surface area contributed by atoms with E-state index in [0.29, 0.717) is 12.3 Å². The lowest BCUT2D eigenvalue weighted by atomic mass is 9.96. The predicted molar refractivity (Wildman–Crippen MR) is 66.8 cm³/mol. The fraction of sp³-hybridized carbons (Fsp3) is 0.571. The van der Waals surface area contributed by atoms with Crippen LogP contribution in [0.1, 0.15) is 32.3 Å². The first-order valence-electron chi connectivity index (χ1n) is 5.97. The first kappa shape index (κ1) is 13.0. The van der Waals surface area contributed by atoms with Gasteiger partial charge in [0.1, 0.15) is 5.75 Å². The minimum atomic E-state index is -0.272. The fourth-order valence-electron chi connectivity index (χ4n) is 1.84. The van der Waals surface area contributed by atoms with Crippen LogP contribution in [0.4, 0.5) is 0 Å². The highest BCUT2D eigenvalue weighted by atomic mass is 16.5. The van der Waals surface area contributed by atoms with E-state index in [2.05, 4.69) is 13.8 Å². The van der Waals surface area contributed by atoms with Gasteiger partial charge in [0.05, 0.1) is 13.2 Å². The number of aliphatic hydroxyl groups excluding tert-OH is 1. The molecule has 0 spiro atoms. The molecule has 1 rings (SSSR count). The van der Waals surface area contributed by atoms with Crippen molar-refractivity contribution in [3.63, 3.8) is 0 Å². The summed E-state index contributed by atoms with van der Waals surface area (Å²) in [4.78, 5) is 0. The summed E-state index contributed by atoms with van der Waals surface area (Å²) < 4.78 is 5.27. The molecule has 16 heavy (non-hydrogen) atoms. The average molecular weight is 222 g/mol. The summed E-state index contributed by atoms with van der Waals surface area (Å²) in [6.07, 6.45) is 2.37. The zero-order valence-corrected chi connectivity index (χ0v) is 10.4. The number of benzene rings is 1. The molecule has 2 atom stereocenters. The number of hydrogen-bond acceptors (Lipinski definition) is 2. The predicted octanol–water partition coefficient (Wildman–Crippen LogP) is 3.03. The zero-order chi connectivity index (χ0) is 12.0. The topological polar surface area (TPSA) is 29.5 Å². The number of aliphatic hydroxyl groups is 1. The molecule has 0 aliphatic heterocycles. The van der Waals surface area contributed by atoms with E-state index in [4.69, 9.17) is 4.74 Å². The lowest BCUT2D eigenvalue weighted by Crippen LogP contribution is -2.14. The lowest BCUT2D eigenvalue weighted by molar-refractivity contribution is 0.144. The molecule has 1 aromatic carbocycles. The number of methoxy groups -OCH3 is 1. The van der Waals surface area contributed by atoms with Crippen LogP contribution in [0.3, 0.4) is 0 Å². The molecule has 0 aliphatic carbocycles. The molecule has 2 heteroatoms. The standard InChI is InChI=1S/C14H22O2/c1-4-11(2)9-13(15)10-12-7-5-6-8-14(12)16-3/h5-8,11,13,15H,4,9-10H2,1-3H3. The molecule has 0 aromatic heterocycles. The van der Waals surface area contributed by atoms with Gasteiger partial charge in [-0.2, -0.15) is 0 Å². The molecule has 0 fully saturated rings. The molecule has 1 aromatic rings. The molecule has 1 N–H and O–H groups in total. The van der Waals surface area contributed by atoms with Gasteiger partial charge in [0.25, 0.3) is 0 Å². The van der Waals surface area contributed by atoms with Crippen LogP contribution in [0.5, 0.6) is 5.75 Å². The van der Waals surface area contributed by atoms with Crippen molar-refractivity contribution in [2.45, 2.75) is 39.2 Å². The monoisotopic (exact) mass is 222 g/mol. The van der Waals surface area contributed by atoms with E-state index in [1.165, 1.54) is 0 Å². The number of ether oxygens (including phenoxy) is 1. The minimum Gasteiger partial charge on any atom is -0.496 e. The first-order chi connectivity index (χ1) is 7.67. The molecule has 90 valence electrons. The van der Waals surface area contributed by atoms with Crippen LogP contribution in [-0.2, 0) is 6.42 Å². The zero-order valence-electron chi connectivity index (χ0n) is 10.4. The van der Waals surface area contributed by atoms with Gasteiger partial charge >= 0.3 is 0 Å². The Labute approximate surface area is 98.3 Å². The summed E-state index contributed by atoms with van der Waals surface area (Å²) in [5.41, 5.74) is 1.08. The Bertz CT molecular complexity index is 309. The second-order valence-electron chi connectivity index (χ2n) is 4.42. The van der Waals surface area contributed by atoms with E-state index >= 15 is 0 Å². The molecule has 2 nitrogen and oxygen atoms in total. The van der Waals surface area contributed by atoms with Crippen LogP contribution in [-0.4, -0.2) is 18.3 Å². The summed E-state index contributed by atoms with van der Waals surface area (Å²) in [5.74, 6) is 1.44. The second kappa shape index (κ2) is 6.54. The van der Waals surface area contributed by atoms with E-state index in [9.17, 15) is 5.11 Å². The Hall–Kier alpha value is -1.02. The highest BCUT2D eigenvalue weighted by molar-refractivity contribution is 5.33. The van der Waals surface area contributed by atoms with Crippen LogP contribution in [0.25, 0.3) is 0 Å². The smallest absolute Gasteiger partial charge is 0.122 e. The van der Waals surface area contributed by atoms with Crippen molar-refractivity contribution < 1.29 is 9.84 Å². The first-order valence-corrected chi connectivity index (χ1v) is 5.97. The van der Waals surface area contributed by atoms with Gasteiger partial charge in [-0.05, 0) is 24.0 Å². The Balaban J connectivity index is 2.58. The second-order valence-corrected chi connectivity index (χ2v) is 4.42. The van der Waals surface area contributed by atoms with Crippen LogP contribution in [0.15, 0.2) is 24.3 Å². The largest absolute Gasteiger partial charge is 0.496 e. The molecule has 0 amide bonds. The van der Waals surface area contributed by atoms with Crippen LogP contribution in [0.2, 0.25) is 0 Å². The minimum absolute atomic E-state index is 0.272. The number of hydrogen-bond donors (Lipinski definition) is 1. The molecule has 2 unspecified atom stereocenters. The molecule has 0 heterocycles. The van der Waals surface area contributed by atoms with Crippen molar-refractivity contribution >= 4 is 0 Å². The van der Waals surface area contributed by atoms with Crippen molar-refractivity contribution in [3.8, 4) is 5.75 Å². The summed E-state index contributed by atoms with van der Waals surface area (Å²) in [6, 6.07) is 7.88. The van der Waals surface area contributed by atoms with Crippen LogP contribution < -0.4 is 4.74 Å². The van der Waals surface area contributed by atoms with Gasteiger partial charge in [-0.25, -0.2) is 0 Å². The maximum Gasteiger partial charge on any atom is 0.122 e. The van der Waals surface area contributed by atoms with Crippen LogP contribution >= 0.6 is 0 Å². The SMILES string of the molecule is CCC(C)CC(O)Cc1ccccc1OC. The molecule has 0 radical (unpaired) electrons. The van der Waals surface area contributed by atoms with Crippen LogP contribution in [0, 0.1) is 5.92 Å². The van der Waals surface area contributed by atoms with Crippen molar-refractivity contribution in [1.82, 2.24) is 0 Å². The maximum atomic E-state index is 9.97. The third-order valence-electron chi connectivity index (χ3n) is 3.02. The van der Waals surface area contributed by atoms with Crippen molar-refractivity contribution in [1.29, 1.82) is 0 Å². The van der Waals surface area contributed by atoms with Gasteiger partial charge in [-0.1, -0.05) is 38.5 Å². The van der Waals surface area contributed by atoms with Gasteiger partial charge in [0.2, 0.25) is 0 Å². The van der Waals surface area contributed by atoms with E-state index < -0.39 is 0 Å². The van der Waals surface area contributed by atoms with Gasteiger partial charge in [0.15, 0.2) is 0 Å². The third kappa shape index (κ3) is 3.86. The van der Waals surface area contributed by atoms with E-state index in [0.717, 1.165) is 24.2 Å². The molecule has 0 aliphatic rings. The van der Waals surface area contributed by atoms with Gasteiger partial charge in [-0.3, -0.25) is 0 Å². The maximum absolute atomic E-state index is 9.97. The summed E-state index contributed by atoms with van der Waals surface area (Å²) in [6.45, 7) is 4.33. The molecule has 0 bridgehead atoms. The lowest BCUT2D eigenvalue weighted by Gasteiger charge is -2.16. The van der Waals surface area contributed by atoms with E-state index in [-0.39, 0.29) is 6.10 Å². The highest BCUT2D eigenvalue weighted by Gasteiger charge is 2.12. The highest BCUT2D eigenvalue weighted by Crippen LogP contribution is 2.21. The van der Waals surface area contributed by atoms with Crippen molar-refractivity contribution in [2.24, 2.45) is 5.92 Å². The number of rotatable bonds is 6. The normalized spacial score (nSPS) is 14.5. The molecule has 0 saturated heterocycles. The third-order valence-corrected chi connectivity index (χ3v) is 3.02. The quantitative estimate of drug-likeness (QED) is 0.801. The molecule has 0 saturated carbocycles. The average Bonchev–Trinajstić information content (AvgIpc) is 2.29. The summed E-state index contributed by atoms with van der Waals surface area (Å²) >= 11 is 0. The van der Waals surface area contributed by atoms with E-state index in [1.807, 2.05) is 24.3 Å². The van der Waals surface area contributed by atoms with E-state index in [1.54, 1.807) is 7.11 Å². The van der Waals surface area contributed by atoms with Gasteiger partial charge < -0.3 is 9.84 Å². The van der Waals surface area contributed by atoms with Crippen molar-refractivity contribution in [2.75, 3.05) is 7.11 Å². The summed E-state index contributed by atoms with van der Waals surface area (Å²) in [7, 11) is 1.67. The van der Waals surface area contributed by atoms with Crippen molar-refractivity contribution in [3.05, 3.63) is 29.8 Å². The Kier molecular flexibility index (Phi) is 5.33. The Morgan fingerprint density at radius 2 is 2.00 bits per heavy atom. The Morgan fingerprint density at radius 3 is 2.62 bits per heavy atom.